The number of fused-ring (bicyclic) bond motifs is 1. The minimum atomic E-state index is -1.13. The van der Waals surface area contributed by atoms with Crippen LogP contribution < -0.4 is 9.64 Å². The van der Waals surface area contributed by atoms with Crippen LogP contribution in [0.3, 0.4) is 0 Å². The van der Waals surface area contributed by atoms with Crippen LogP contribution in [0.5, 0.6) is 5.75 Å². The number of carbonyl (C=O) groups excluding carboxylic acids is 2. The molecule has 3 heterocycles. The number of hydrogen-bond donors (Lipinski definition) is 1. The SMILES string of the molecule is CCOc1ccc2nc(N3C(=O)C(O)=C(C(=O)c4sc(C)nc4C)C3c3cccc([N+](=O)[O-])c3)sc2c1. The second-order valence-electron chi connectivity index (χ2n) is 8.23. The Hall–Kier alpha value is -4.16. The number of nitrogens with zero attached hydrogens (tertiary/aromatic N) is 4. The van der Waals surface area contributed by atoms with E-state index in [1.165, 1.54) is 34.4 Å². The molecule has 0 fully saturated rings. The summed E-state index contributed by atoms with van der Waals surface area (Å²) in [5.74, 6) is -1.46. The number of aliphatic hydroxyl groups is 1. The first-order chi connectivity index (χ1) is 17.7. The van der Waals surface area contributed by atoms with E-state index in [0.717, 1.165) is 16.0 Å². The van der Waals surface area contributed by atoms with Crippen molar-refractivity contribution in [3.63, 3.8) is 0 Å². The fraction of sp³-hybridized carbons (Fsp3) is 0.200. The number of hydrogen-bond acceptors (Lipinski definition) is 10. The molecule has 2 aromatic carbocycles. The maximum Gasteiger partial charge on any atom is 0.296 e. The molecule has 5 rings (SSSR count). The third-order valence-electron chi connectivity index (χ3n) is 5.82. The van der Waals surface area contributed by atoms with Gasteiger partial charge in [0, 0.05) is 12.1 Å². The Morgan fingerprint density at radius 2 is 1.97 bits per heavy atom. The van der Waals surface area contributed by atoms with Gasteiger partial charge in [0.2, 0.25) is 5.78 Å². The first-order valence-electron chi connectivity index (χ1n) is 11.2. The Morgan fingerprint density at radius 1 is 1.19 bits per heavy atom. The number of aryl methyl sites for hydroxylation is 2. The summed E-state index contributed by atoms with van der Waals surface area (Å²) in [6.45, 7) is 5.78. The predicted molar refractivity (Wildman–Crippen MR) is 140 cm³/mol. The zero-order valence-corrected chi connectivity index (χ0v) is 21.6. The van der Waals surface area contributed by atoms with Crippen LogP contribution in [-0.2, 0) is 4.79 Å². The van der Waals surface area contributed by atoms with Gasteiger partial charge < -0.3 is 9.84 Å². The van der Waals surface area contributed by atoms with E-state index in [1.54, 1.807) is 38.1 Å². The lowest BCUT2D eigenvalue weighted by molar-refractivity contribution is -0.384. The largest absolute Gasteiger partial charge is 0.503 e. The molecule has 0 saturated carbocycles. The van der Waals surface area contributed by atoms with Crippen molar-refractivity contribution < 1.29 is 24.4 Å². The molecular formula is C25H20N4O6S2. The third kappa shape index (κ3) is 4.23. The average Bonchev–Trinajstić information content (AvgIpc) is 3.51. The second kappa shape index (κ2) is 9.37. The molecular weight excluding hydrogens is 516 g/mol. The number of ether oxygens (including phenoxy) is 1. The van der Waals surface area contributed by atoms with Gasteiger partial charge in [-0.3, -0.25) is 24.6 Å². The van der Waals surface area contributed by atoms with Crippen molar-refractivity contribution in [1.29, 1.82) is 0 Å². The number of aliphatic hydroxyl groups excluding tert-OH is 1. The number of ketones is 1. The van der Waals surface area contributed by atoms with Crippen LogP contribution in [0.15, 0.2) is 53.8 Å². The summed E-state index contributed by atoms with van der Waals surface area (Å²) in [6.07, 6.45) is 0. The highest BCUT2D eigenvalue weighted by Gasteiger charge is 2.46. The van der Waals surface area contributed by atoms with Crippen molar-refractivity contribution in [2.75, 3.05) is 11.5 Å². The van der Waals surface area contributed by atoms with Gasteiger partial charge >= 0.3 is 0 Å². The Bertz CT molecular complexity index is 1620. The van der Waals surface area contributed by atoms with E-state index >= 15 is 0 Å². The number of thiazole rings is 2. The number of carbonyl (C=O) groups is 2. The molecule has 1 aliphatic heterocycles. The van der Waals surface area contributed by atoms with Gasteiger partial charge in [0.1, 0.15) is 5.75 Å². The molecule has 0 spiro atoms. The van der Waals surface area contributed by atoms with Crippen LogP contribution in [0.2, 0.25) is 0 Å². The van der Waals surface area contributed by atoms with E-state index < -0.39 is 28.4 Å². The van der Waals surface area contributed by atoms with E-state index in [1.807, 2.05) is 6.92 Å². The molecule has 0 radical (unpaired) electrons. The normalized spacial score (nSPS) is 15.6. The molecule has 1 aliphatic rings. The highest BCUT2D eigenvalue weighted by atomic mass is 32.1. The summed E-state index contributed by atoms with van der Waals surface area (Å²) in [5, 5.41) is 23.4. The summed E-state index contributed by atoms with van der Waals surface area (Å²) < 4.78 is 6.30. The molecule has 0 bridgehead atoms. The van der Waals surface area contributed by atoms with Gasteiger partial charge in [0.05, 0.1) is 48.9 Å². The topological polar surface area (TPSA) is 136 Å². The maximum absolute atomic E-state index is 13.7. The Labute approximate surface area is 218 Å². The van der Waals surface area contributed by atoms with E-state index in [9.17, 15) is 24.8 Å². The lowest BCUT2D eigenvalue weighted by atomic mass is 9.95. The summed E-state index contributed by atoms with van der Waals surface area (Å²) in [7, 11) is 0. The lowest BCUT2D eigenvalue weighted by Crippen LogP contribution is -2.31. The summed E-state index contributed by atoms with van der Waals surface area (Å²) in [6, 6.07) is 9.85. The Balaban J connectivity index is 1.68. The highest BCUT2D eigenvalue weighted by Crippen LogP contribution is 2.45. The zero-order valence-electron chi connectivity index (χ0n) is 19.9. The molecule has 1 amide bonds. The monoisotopic (exact) mass is 536 g/mol. The van der Waals surface area contributed by atoms with Crippen LogP contribution in [-0.4, -0.2) is 38.3 Å². The minimum Gasteiger partial charge on any atom is -0.503 e. The van der Waals surface area contributed by atoms with Gasteiger partial charge in [-0.05, 0) is 44.5 Å². The van der Waals surface area contributed by atoms with E-state index in [-0.39, 0.29) is 21.3 Å². The molecule has 12 heteroatoms. The molecule has 10 nitrogen and oxygen atoms in total. The van der Waals surface area contributed by atoms with Gasteiger partial charge in [-0.1, -0.05) is 23.5 Å². The first kappa shape index (κ1) is 24.5. The van der Waals surface area contributed by atoms with Crippen LogP contribution >= 0.6 is 22.7 Å². The number of amides is 1. The first-order valence-corrected chi connectivity index (χ1v) is 12.9. The van der Waals surface area contributed by atoms with Crippen molar-refractivity contribution in [2.24, 2.45) is 0 Å². The molecule has 37 heavy (non-hydrogen) atoms. The maximum atomic E-state index is 13.7. The van der Waals surface area contributed by atoms with Gasteiger partial charge in [-0.2, -0.15) is 0 Å². The minimum absolute atomic E-state index is 0.175. The summed E-state index contributed by atoms with van der Waals surface area (Å²) >= 11 is 2.34. The average molecular weight is 537 g/mol. The Morgan fingerprint density at radius 3 is 2.65 bits per heavy atom. The number of aromatic nitrogens is 2. The highest BCUT2D eigenvalue weighted by molar-refractivity contribution is 7.22. The van der Waals surface area contributed by atoms with Crippen LogP contribution in [0.25, 0.3) is 10.2 Å². The fourth-order valence-corrected chi connectivity index (χ4v) is 6.17. The van der Waals surface area contributed by atoms with Crippen LogP contribution in [0, 0.1) is 24.0 Å². The number of nitro benzene ring substituents is 1. The van der Waals surface area contributed by atoms with Gasteiger partial charge in [-0.15, -0.1) is 11.3 Å². The standard InChI is InChI=1S/C25H20N4O6S2/c1-4-35-16-8-9-17-18(11-16)37-25(27-17)28-20(14-6-5-7-15(10-14)29(33)34)19(22(31)24(28)32)21(30)23-12(2)26-13(3)36-23/h5-11,20,31H,4H2,1-3H3. The number of benzene rings is 2. The number of nitro groups is 1. The van der Waals surface area contributed by atoms with Crippen molar-refractivity contribution in [1.82, 2.24) is 9.97 Å². The lowest BCUT2D eigenvalue weighted by Gasteiger charge is -2.24. The molecule has 1 N–H and O–H groups in total. The second-order valence-corrected chi connectivity index (χ2v) is 10.4. The van der Waals surface area contributed by atoms with E-state index in [2.05, 4.69) is 9.97 Å². The summed E-state index contributed by atoms with van der Waals surface area (Å²) in [5.41, 5.74) is 0.982. The van der Waals surface area contributed by atoms with E-state index in [0.29, 0.717) is 34.1 Å². The smallest absolute Gasteiger partial charge is 0.296 e. The molecule has 2 aromatic heterocycles. The number of Topliss-reactive ketones (excluding diaryl/α,β-unsaturated/α-hetero) is 1. The van der Waals surface area contributed by atoms with Gasteiger partial charge in [0.25, 0.3) is 11.6 Å². The zero-order chi connectivity index (χ0) is 26.4. The van der Waals surface area contributed by atoms with E-state index in [4.69, 9.17) is 4.74 Å². The summed E-state index contributed by atoms with van der Waals surface area (Å²) in [4.78, 5) is 48.5. The number of rotatable bonds is 7. The number of non-ortho nitro benzene ring substituents is 1. The third-order valence-corrected chi connectivity index (χ3v) is 7.91. The molecule has 1 unspecified atom stereocenters. The Kier molecular flexibility index (Phi) is 6.21. The molecule has 0 saturated heterocycles. The molecule has 4 aromatic rings. The van der Waals surface area contributed by atoms with Crippen molar-refractivity contribution in [3.8, 4) is 5.75 Å². The molecule has 1 atom stereocenters. The van der Waals surface area contributed by atoms with Gasteiger partial charge in [-0.25, -0.2) is 9.97 Å². The van der Waals surface area contributed by atoms with Crippen molar-refractivity contribution >= 4 is 55.4 Å². The quantitative estimate of drug-likeness (QED) is 0.187. The fourth-order valence-electron chi connectivity index (χ4n) is 4.27. The predicted octanol–water partition coefficient (Wildman–Crippen LogP) is 5.46. The van der Waals surface area contributed by atoms with Crippen LogP contribution in [0.1, 0.15) is 38.9 Å². The van der Waals surface area contributed by atoms with Crippen LogP contribution in [0.4, 0.5) is 10.8 Å². The molecule has 0 aliphatic carbocycles. The van der Waals surface area contributed by atoms with Crippen molar-refractivity contribution in [2.45, 2.75) is 26.8 Å². The molecule has 188 valence electrons. The van der Waals surface area contributed by atoms with Gasteiger partial charge in [0.15, 0.2) is 10.9 Å². The number of anilines is 1. The van der Waals surface area contributed by atoms with Crippen molar-refractivity contribution in [3.05, 3.63) is 85.1 Å².